The molecule has 23 heavy (non-hydrogen) atoms. The van der Waals surface area contributed by atoms with Gasteiger partial charge in [-0.15, -0.1) is 0 Å². The predicted molar refractivity (Wildman–Crippen MR) is 80.0 cm³/mol. The fraction of sp³-hybridized carbons (Fsp3) is 0.333. The Morgan fingerprint density at radius 3 is 1.39 bits per heavy atom. The van der Waals surface area contributed by atoms with Gasteiger partial charge in [0.2, 0.25) is 0 Å². The minimum absolute atomic E-state index is 0.0783. The van der Waals surface area contributed by atoms with Gasteiger partial charge in [-0.05, 0) is 61.9 Å². The molecule has 124 valence electrons. The summed E-state index contributed by atoms with van der Waals surface area (Å²) in [5.41, 5.74) is -1.59. The molecule has 0 nitrogen and oxygen atoms in total. The van der Waals surface area contributed by atoms with E-state index < -0.39 is 40.2 Å². The molecule has 0 N–H and O–H groups in total. The van der Waals surface area contributed by atoms with Gasteiger partial charge in [-0.2, -0.15) is 0 Å². The summed E-state index contributed by atoms with van der Waals surface area (Å²) in [7, 11) is 0. The van der Waals surface area contributed by atoms with E-state index >= 15 is 0 Å². The maximum absolute atomic E-state index is 14.6. The lowest BCUT2D eigenvalue weighted by Crippen LogP contribution is -2.09. The maximum Gasteiger partial charge on any atom is 0.170 e. The van der Waals surface area contributed by atoms with Gasteiger partial charge in [-0.3, -0.25) is 0 Å². The van der Waals surface area contributed by atoms with E-state index in [2.05, 4.69) is 0 Å². The molecule has 0 saturated carbocycles. The molecular formula is C18H17F5. The molecule has 2 rings (SSSR count). The van der Waals surface area contributed by atoms with E-state index in [4.69, 9.17) is 0 Å². The van der Waals surface area contributed by atoms with Crippen LogP contribution in [0.2, 0.25) is 0 Å². The minimum Gasteiger partial charge on any atom is -0.206 e. The highest BCUT2D eigenvalue weighted by atomic mass is 19.2. The Labute approximate surface area is 132 Å². The second-order valence-electron chi connectivity index (χ2n) is 5.65. The fourth-order valence-electron chi connectivity index (χ4n) is 2.76. The zero-order valence-corrected chi connectivity index (χ0v) is 13.6. The Hall–Kier alpha value is -1.91. The summed E-state index contributed by atoms with van der Waals surface area (Å²) >= 11 is 0. The third-order valence-corrected chi connectivity index (χ3v) is 4.50. The molecule has 0 fully saturated rings. The van der Waals surface area contributed by atoms with Crippen LogP contribution in [0.25, 0.3) is 11.1 Å². The fourth-order valence-corrected chi connectivity index (χ4v) is 2.76. The molecule has 0 aromatic heterocycles. The Kier molecular flexibility index (Phi) is 4.51. The smallest absolute Gasteiger partial charge is 0.170 e. The van der Waals surface area contributed by atoms with Gasteiger partial charge in [0, 0.05) is 0 Å². The molecule has 0 aliphatic carbocycles. The summed E-state index contributed by atoms with van der Waals surface area (Å²) in [4.78, 5) is 0. The van der Waals surface area contributed by atoms with Crippen molar-refractivity contribution in [1.82, 2.24) is 0 Å². The van der Waals surface area contributed by atoms with Gasteiger partial charge >= 0.3 is 0 Å². The normalized spacial score (nSPS) is 11.2. The molecule has 0 atom stereocenters. The van der Waals surface area contributed by atoms with E-state index in [1.165, 1.54) is 27.7 Å². The first-order valence-corrected chi connectivity index (χ1v) is 7.26. The van der Waals surface area contributed by atoms with Gasteiger partial charge < -0.3 is 0 Å². The van der Waals surface area contributed by atoms with Crippen LogP contribution in [0.15, 0.2) is 0 Å². The lowest BCUT2D eigenvalue weighted by molar-refractivity contribution is 0.484. The zero-order valence-electron chi connectivity index (χ0n) is 13.6. The summed E-state index contributed by atoms with van der Waals surface area (Å²) in [5.74, 6) is -6.13. The standard InChI is InChI=1S/C18H17F5/c1-6-11-10(5)16(21)18(23)13(17(11)22)12-14(19)8(3)7(2)9(4)15(12)20/h6H2,1-5H3. The number of benzene rings is 2. The molecule has 2 aromatic carbocycles. The van der Waals surface area contributed by atoms with Crippen molar-refractivity contribution in [2.75, 3.05) is 0 Å². The van der Waals surface area contributed by atoms with E-state index in [0.717, 1.165) is 0 Å². The number of hydrogen-bond acceptors (Lipinski definition) is 0. The molecule has 2 aromatic rings. The molecule has 0 aliphatic rings. The van der Waals surface area contributed by atoms with Crippen LogP contribution in [0.3, 0.4) is 0 Å². The molecular weight excluding hydrogens is 311 g/mol. The molecule has 0 unspecified atom stereocenters. The van der Waals surface area contributed by atoms with Gasteiger partial charge in [0.25, 0.3) is 0 Å². The molecule has 0 saturated heterocycles. The number of hydrogen-bond donors (Lipinski definition) is 0. The van der Waals surface area contributed by atoms with Gasteiger partial charge in [-0.1, -0.05) is 6.92 Å². The van der Waals surface area contributed by atoms with Crippen LogP contribution in [-0.4, -0.2) is 0 Å². The highest BCUT2D eigenvalue weighted by molar-refractivity contribution is 5.71. The van der Waals surface area contributed by atoms with Crippen molar-refractivity contribution in [1.29, 1.82) is 0 Å². The first-order chi connectivity index (χ1) is 10.6. The monoisotopic (exact) mass is 328 g/mol. The summed E-state index contributed by atoms with van der Waals surface area (Å²) in [5, 5.41) is 0. The number of rotatable bonds is 2. The summed E-state index contributed by atoms with van der Waals surface area (Å²) in [6.45, 7) is 7.09. The van der Waals surface area contributed by atoms with Crippen LogP contribution in [0.1, 0.15) is 34.7 Å². The van der Waals surface area contributed by atoms with Crippen molar-refractivity contribution in [2.24, 2.45) is 0 Å². The van der Waals surface area contributed by atoms with Gasteiger partial charge in [-0.25, -0.2) is 22.0 Å². The highest BCUT2D eigenvalue weighted by Crippen LogP contribution is 2.38. The molecule has 0 bridgehead atoms. The molecule has 0 aliphatic heterocycles. The summed E-state index contributed by atoms with van der Waals surface area (Å²) < 4.78 is 72.0. The van der Waals surface area contributed by atoms with Crippen molar-refractivity contribution < 1.29 is 22.0 Å². The minimum atomic E-state index is -1.57. The second-order valence-corrected chi connectivity index (χ2v) is 5.65. The Morgan fingerprint density at radius 2 is 0.957 bits per heavy atom. The average Bonchev–Trinajstić information content (AvgIpc) is 2.52. The highest BCUT2D eigenvalue weighted by Gasteiger charge is 2.29. The van der Waals surface area contributed by atoms with E-state index in [1.54, 1.807) is 6.92 Å². The largest absolute Gasteiger partial charge is 0.206 e. The van der Waals surface area contributed by atoms with E-state index in [9.17, 15) is 22.0 Å². The lowest BCUT2D eigenvalue weighted by Gasteiger charge is -2.18. The van der Waals surface area contributed by atoms with E-state index in [0.29, 0.717) is 5.56 Å². The van der Waals surface area contributed by atoms with Crippen molar-refractivity contribution in [3.63, 3.8) is 0 Å². The molecule has 0 spiro atoms. The van der Waals surface area contributed by atoms with Crippen LogP contribution in [0.5, 0.6) is 0 Å². The Balaban J connectivity index is 3.03. The topological polar surface area (TPSA) is 0 Å². The third-order valence-electron chi connectivity index (χ3n) is 4.50. The summed E-state index contributed by atoms with van der Waals surface area (Å²) in [6, 6.07) is 0. The molecule has 5 heteroatoms. The van der Waals surface area contributed by atoms with Crippen LogP contribution in [0.4, 0.5) is 22.0 Å². The van der Waals surface area contributed by atoms with Crippen molar-refractivity contribution >= 4 is 0 Å². The molecule has 0 heterocycles. The zero-order chi connectivity index (χ0) is 17.6. The van der Waals surface area contributed by atoms with Crippen molar-refractivity contribution in [3.05, 3.63) is 56.9 Å². The third kappa shape index (κ3) is 2.42. The van der Waals surface area contributed by atoms with Crippen LogP contribution in [-0.2, 0) is 6.42 Å². The van der Waals surface area contributed by atoms with Gasteiger partial charge in [0.1, 0.15) is 17.5 Å². The van der Waals surface area contributed by atoms with Gasteiger partial charge in [0.15, 0.2) is 11.6 Å². The molecule has 0 radical (unpaired) electrons. The van der Waals surface area contributed by atoms with Crippen molar-refractivity contribution in [3.8, 4) is 11.1 Å². The van der Waals surface area contributed by atoms with Crippen LogP contribution >= 0.6 is 0 Å². The predicted octanol–water partition coefficient (Wildman–Crippen LogP) is 5.85. The van der Waals surface area contributed by atoms with Gasteiger partial charge in [0.05, 0.1) is 11.1 Å². The molecule has 0 amide bonds. The Morgan fingerprint density at radius 1 is 0.522 bits per heavy atom. The van der Waals surface area contributed by atoms with Crippen LogP contribution in [0, 0.1) is 56.8 Å². The Bertz CT molecular complexity index is 777. The van der Waals surface area contributed by atoms with Crippen molar-refractivity contribution in [2.45, 2.75) is 41.0 Å². The van der Waals surface area contributed by atoms with E-state index in [-0.39, 0.29) is 28.7 Å². The number of halogens is 5. The summed E-state index contributed by atoms with van der Waals surface area (Å²) in [6.07, 6.45) is 0.0783. The maximum atomic E-state index is 14.6. The first-order valence-electron chi connectivity index (χ1n) is 7.26. The quantitative estimate of drug-likeness (QED) is 0.479. The lowest BCUT2D eigenvalue weighted by atomic mass is 9.91. The average molecular weight is 328 g/mol. The van der Waals surface area contributed by atoms with E-state index in [1.807, 2.05) is 0 Å². The second kappa shape index (κ2) is 5.95. The SMILES string of the molecule is CCc1c(C)c(F)c(F)c(-c2c(F)c(C)c(C)c(C)c2F)c1F. The van der Waals surface area contributed by atoms with Crippen LogP contribution < -0.4 is 0 Å². The first kappa shape index (κ1) is 17.4.